The van der Waals surface area contributed by atoms with Gasteiger partial charge in [0.1, 0.15) is 29.9 Å². The number of aromatic hydroxyl groups is 1. The van der Waals surface area contributed by atoms with Gasteiger partial charge in [0.2, 0.25) is 23.6 Å². The third-order valence-corrected chi connectivity index (χ3v) is 9.15. The lowest BCUT2D eigenvalue weighted by atomic mass is 9.96. The molecule has 0 spiro atoms. The Hall–Kier alpha value is -4.16. The number of esters is 1. The molecular weight excluding hydrogens is 630 g/mol. The third kappa shape index (κ3) is 10.4. The number of benzene rings is 1. The summed E-state index contributed by atoms with van der Waals surface area (Å²) in [6.45, 7) is 11.5. The van der Waals surface area contributed by atoms with Gasteiger partial charge >= 0.3 is 5.97 Å². The summed E-state index contributed by atoms with van der Waals surface area (Å²) in [5.74, 6) is -3.36. The minimum Gasteiger partial charge on any atom is -0.508 e. The molecular formula is C36H55N5O8. The minimum atomic E-state index is -1.12. The monoisotopic (exact) mass is 685 g/mol. The molecule has 13 nitrogen and oxygen atoms in total. The van der Waals surface area contributed by atoms with E-state index >= 15 is 0 Å². The van der Waals surface area contributed by atoms with E-state index < -0.39 is 65.8 Å². The first kappa shape index (κ1) is 39.3. The molecule has 5 atom stereocenters. The highest BCUT2D eigenvalue weighted by atomic mass is 16.5. The molecule has 3 rings (SSSR count). The maximum absolute atomic E-state index is 14.3. The number of ether oxygens (including phenoxy) is 1. The van der Waals surface area contributed by atoms with E-state index in [9.17, 15) is 33.9 Å². The predicted molar refractivity (Wildman–Crippen MR) is 183 cm³/mol. The van der Waals surface area contributed by atoms with Crippen molar-refractivity contribution in [1.29, 1.82) is 0 Å². The van der Waals surface area contributed by atoms with Crippen LogP contribution in [-0.2, 0) is 39.9 Å². The van der Waals surface area contributed by atoms with Crippen LogP contribution in [0.25, 0.3) is 0 Å². The van der Waals surface area contributed by atoms with Gasteiger partial charge in [0.15, 0.2) is 6.10 Å². The Morgan fingerprint density at radius 1 is 0.837 bits per heavy atom. The minimum absolute atomic E-state index is 0.000409. The topological polar surface area (TPSA) is 166 Å². The molecule has 5 amide bonds. The Bertz CT molecular complexity index is 1350. The Morgan fingerprint density at radius 2 is 1.47 bits per heavy atom. The standard InChI is InChI=1S/C36H55N5O8/c1-21(2)18-28-32(44)37-16-15-30(43)49-29(19-22(3)4)35(47)41-17-9-10-27(41)33(45)38-26(20-24-11-13-25(42)14-12-24)34(46)40(8)31(23(5)6)36(48)39(28)7/h11-14,21-23,26-29,31,42H,9-10,15-20H2,1-8H3,(H,37,44)(H,38,45)/t26-,27-,28-,29-,31-/m0/s1. The molecule has 2 heterocycles. The van der Waals surface area contributed by atoms with Crippen molar-refractivity contribution < 1.29 is 38.6 Å². The number of amides is 5. The number of hydrogen-bond donors (Lipinski definition) is 3. The van der Waals surface area contributed by atoms with Crippen molar-refractivity contribution in [3.05, 3.63) is 29.8 Å². The van der Waals surface area contributed by atoms with Crippen LogP contribution < -0.4 is 10.6 Å². The largest absolute Gasteiger partial charge is 0.508 e. The van der Waals surface area contributed by atoms with Crippen molar-refractivity contribution in [1.82, 2.24) is 25.3 Å². The van der Waals surface area contributed by atoms with Gasteiger partial charge in [-0.25, -0.2) is 0 Å². The van der Waals surface area contributed by atoms with Crippen LogP contribution in [0.5, 0.6) is 5.75 Å². The Morgan fingerprint density at radius 3 is 2.06 bits per heavy atom. The SMILES string of the molecule is CC(C)C[C@@H]1OC(=O)CCNC(=O)[C@H](CC(C)C)N(C)C(=O)[C@H](C(C)C)N(C)C(=O)[C@H](Cc2ccc(O)cc2)NC(=O)[C@@H]2CCCN2C1=O. The van der Waals surface area contributed by atoms with Crippen LogP contribution in [0, 0.1) is 17.8 Å². The lowest BCUT2D eigenvalue weighted by Crippen LogP contribution is -2.60. The first-order valence-corrected chi connectivity index (χ1v) is 17.4. The normalized spacial score (nSPS) is 25.6. The fourth-order valence-electron chi connectivity index (χ4n) is 6.61. The maximum Gasteiger partial charge on any atom is 0.308 e. The summed E-state index contributed by atoms with van der Waals surface area (Å²) in [5, 5.41) is 15.5. The molecule has 0 unspecified atom stereocenters. The summed E-state index contributed by atoms with van der Waals surface area (Å²) < 4.78 is 5.67. The van der Waals surface area contributed by atoms with Crippen molar-refractivity contribution in [3.63, 3.8) is 0 Å². The molecule has 3 N–H and O–H groups in total. The van der Waals surface area contributed by atoms with Crippen LogP contribution in [0.1, 0.15) is 79.2 Å². The predicted octanol–water partition coefficient (Wildman–Crippen LogP) is 2.24. The molecule has 2 saturated heterocycles. The Labute approximate surface area is 290 Å². The second kappa shape index (κ2) is 17.5. The van der Waals surface area contributed by atoms with Crippen LogP contribution in [0.15, 0.2) is 24.3 Å². The van der Waals surface area contributed by atoms with Crippen LogP contribution in [0.3, 0.4) is 0 Å². The molecule has 0 bridgehead atoms. The smallest absolute Gasteiger partial charge is 0.308 e. The van der Waals surface area contributed by atoms with Gasteiger partial charge in [-0.05, 0) is 61.1 Å². The molecule has 0 aliphatic carbocycles. The third-order valence-electron chi connectivity index (χ3n) is 9.15. The summed E-state index contributed by atoms with van der Waals surface area (Å²) in [6.07, 6.45) is 0.227. The van der Waals surface area contributed by atoms with E-state index in [-0.39, 0.29) is 55.9 Å². The number of phenols is 1. The number of rotatable bonds is 7. The van der Waals surface area contributed by atoms with Crippen molar-refractivity contribution in [3.8, 4) is 5.75 Å². The van der Waals surface area contributed by atoms with Crippen LogP contribution in [0.4, 0.5) is 0 Å². The van der Waals surface area contributed by atoms with Crippen molar-refractivity contribution in [2.75, 3.05) is 27.2 Å². The first-order valence-electron chi connectivity index (χ1n) is 17.4. The lowest BCUT2D eigenvalue weighted by Gasteiger charge is -2.38. The molecule has 272 valence electrons. The van der Waals surface area contributed by atoms with Crippen molar-refractivity contribution in [2.45, 2.75) is 110 Å². The highest BCUT2D eigenvalue weighted by molar-refractivity contribution is 5.96. The molecule has 1 aromatic carbocycles. The zero-order valence-corrected chi connectivity index (χ0v) is 30.2. The zero-order valence-electron chi connectivity index (χ0n) is 30.2. The molecule has 49 heavy (non-hydrogen) atoms. The van der Waals surface area contributed by atoms with Gasteiger partial charge in [0.05, 0.1) is 6.42 Å². The number of cyclic esters (lactones) is 1. The second-order valence-electron chi connectivity index (χ2n) is 14.5. The number of carbonyl (C=O) groups excluding carboxylic acids is 6. The van der Waals surface area contributed by atoms with Gasteiger partial charge in [0, 0.05) is 33.6 Å². The summed E-state index contributed by atoms with van der Waals surface area (Å²) in [5.41, 5.74) is 0.657. The zero-order chi connectivity index (χ0) is 36.6. The molecule has 0 aromatic heterocycles. The molecule has 1 aromatic rings. The molecule has 0 radical (unpaired) electrons. The van der Waals surface area contributed by atoms with Crippen molar-refractivity contribution >= 4 is 35.5 Å². The van der Waals surface area contributed by atoms with E-state index in [4.69, 9.17) is 4.74 Å². The number of hydrogen-bond acceptors (Lipinski definition) is 8. The van der Waals surface area contributed by atoms with E-state index in [0.717, 1.165) is 0 Å². The fraction of sp³-hybridized carbons (Fsp3) is 0.667. The van der Waals surface area contributed by atoms with Gasteiger partial charge in [-0.3, -0.25) is 28.8 Å². The van der Waals surface area contributed by atoms with Crippen molar-refractivity contribution in [2.24, 2.45) is 17.8 Å². The van der Waals surface area contributed by atoms with Crippen LogP contribution in [-0.4, -0.2) is 113 Å². The highest BCUT2D eigenvalue weighted by Crippen LogP contribution is 2.24. The van der Waals surface area contributed by atoms with Gasteiger partial charge in [-0.2, -0.15) is 0 Å². The average molecular weight is 686 g/mol. The summed E-state index contributed by atoms with van der Waals surface area (Å²) in [7, 11) is 3.05. The molecule has 2 fully saturated rings. The number of carbonyl (C=O) groups is 6. The Balaban J connectivity index is 2.09. The highest BCUT2D eigenvalue weighted by Gasteiger charge is 2.42. The number of nitrogens with zero attached hydrogens (tertiary/aromatic N) is 3. The van der Waals surface area contributed by atoms with E-state index in [1.807, 2.05) is 41.5 Å². The first-order chi connectivity index (χ1) is 23.0. The van der Waals surface area contributed by atoms with Gasteiger partial charge in [-0.1, -0.05) is 53.7 Å². The summed E-state index contributed by atoms with van der Waals surface area (Å²) in [6, 6.07) is 2.38. The maximum atomic E-state index is 14.3. The van der Waals surface area contributed by atoms with E-state index in [0.29, 0.717) is 24.8 Å². The molecule has 0 saturated carbocycles. The second-order valence-corrected chi connectivity index (χ2v) is 14.5. The molecule has 2 aliphatic rings. The molecule has 13 heteroatoms. The van der Waals surface area contributed by atoms with Crippen LogP contribution >= 0.6 is 0 Å². The number of phenolic OH excluding ortho intramolecular Hbond substituents is 1. The van der Waals surface area contributed by atoms with Gasteiger partial charge < -0.3 is 35.2 Å². The fourth-order valence-corrected chi connectivity index (χ4v) is 6.61. The number of nitrogens with one attached hydrogen (secondary N) is 2. The van der Waals surface area contributed by atoms with Gasteiger partial charge in [0.25, 0.3) is 5.91 Å². The quantitative estimate of drug-likeness (QED) is 0.368. The van der Waals surface area contributed by atoms with E-state index in [2.05, 4.69) is 10.6 Å². The summed E-state index contributed by atoms with van der Waals surface area (Å²) >= 11 is 0. The number of likely N-dealkylation sites (N-methyl/N-ethyl adjacent to an activating group) is 2. The van der Waals surface area contributed by atoms with Crippen LogP contribution in [0.2, 0.25) is 0 Å². The molecule has 2 aliphatic heterocycles. The Kier molecular flexibility index (Phi) is 14.0. The average Bonchev–Trinajstić information content (AvgIpc) is 3.52. The lowest BCUT2D eigenvalue weighted by molar-refractivity contribution is -0.162. The summed E-state index contributed by atoms with van der Waals surface area (Å²) in [4.78, 5) is 86.9. The number of fused-ring (bicyclic) bond motifs is 1. The van der Waals surface area contributed by atoms with E-state index in [1.54, 1.807) is 12.1 Å². The van der Waals surface area contributed by atoms with E-state index in [1.165, 1.54) is 40.9 Å². The van der Waals surface area contributed by atoms with Gasteiger partial charge in [-0.15, -0.1) is 0 Å².